The van der Waals surface area contributed by atoms with Crippen LogP contribution in [0.3, 0.4) is 0 Å². The molecule has 16 heavy (non-hydrogen) atoms. The smallest absolute Gasteiger partial charge is 0.414 e. The van der Waals surface area contributed by atoms with E-state index >= 15 is 0 Å². The van der Waals surface area contributed by atoms with Crippen LogP contribution in [0.15, 0.2) is 24.2 Å². The first-order chi connectivity index (χ1) is 7.46. The fourth-order valence-electron chi connectivity index (χ4n) is 1.58. The van der Waals surface area contributed by atoms with Crippen molar-refractivity contribution in [3.63, 3.8) is 0 Å². The number of rotatable bonds is 0. The second-order valence-corrected chi connectivity index (χ2v) is 4.84. The minimum absolute atomic E-state index is 0.292. The van der Waals surface area contributed by atoms with Gasteiger partial charge in [-0.25, -0.2) is 4.79 Å². The highest BCUT2D eigenvalue weighted by molar-refractivity contribution is 5.70. The summed E-state index contributed by atoms with van der Waals surface area (Å²) in [6.45, 7) is 6.99. The van der Waals surface area contributed by atoms with E-state index in [0.717, 1.165) is 12.2 Å². The number of ether oxygens (including phenoxy) is 1. The highest BCUT2D eigenvalue weighted by Crippen LogP contribution is 2.17. The Morgan fingerprint density at radius 3 is 2.88 bits per heavy atom. The molecule has 0 saturated carbocycles. The normalized spacial score (nSPS) is 19.1. The van der Waals surface area contributed by atoms with Gasteiger partial charge >= 0.3 is 6.09 Å². The first-order valence-corrected chi connectivity index (χ1v) is 5.37. The van der Waals surface area contributed by atoms with Gasteiger partial charge in [-0.05, 0) is 26.8 Å². The topological polar surface area (TPSA) is 44.8 Å². The van der Waals surface area contributed by atoms with Crippen molar-refractivity contribution < 1.29 is 9.53 Å². The van der Waals surface area contributed by atoms with Gasteiger partial charge in [-0.15, -0.1) is 0 Å². The van der Waals surface area contributed by atoms with E-state index < -0.39 is 5.60 Å². The molecule has 5 heteroatoms. The molecule has 0 unspecified atom stereocenters. The Balaban J connectivity index is 2.03. The number of fused-ring (bicyclic) bond motifs is 1. The van der Waals surface area contributed by atoms with Crippen LogP contribution in [0.1, 0.15) is 20.8 Å². The van der Waals surface area contributed by atoms with Crippen molar-refractivity contribution in [2.45, 2.75) is 26.4 Å². The molecule has 0 fully saturated rings. The van der Waals surface area contributed by atoms with Crippen molar-refractivity contribution in [3.05, 3.63) is 24.2 Å². The quantitative estimate of drug-likeness (QED) is 0.674. The Labute approximate surface area is 95.3 Å². The van der Waals surface area contributed by atoms with E-state index in [1.165, 1.54) is 0 Å². The fraction of sp³-hybridized carbons (Fsp3) is 0.545. The number of carbonyl (C=O) groups is 1. The fourth-order valence-corrected chi connectivity index (χ4v) is 1.58. The Morgan fingerprint density at radius 2 is 2.19 bits per heavy atom. The molecule has 0 aromatic carbocycles. The molecule has 0 aliphatic carbocycles. The molecule has 0 aromatic heterocycles. The second kappa shape index (κ2) is 3.73. The van der Waals surface area contributed by atoms with Crippen LogP contribution in [0.5, 0.6) is 0 Å². The molecular weight excluding hydrogens is 206 g/mol. The van der Waals surface area contributed by atoms with E-state index in [9.17, 15) is 4.79 Å². The maximum atomic E-state index is 11.8. The van der Waals surface area contributed by atoms with Gasteiger partial charge in [0.2, 0.25) is 0 Å². The van der Waals surface area contributed by atoms with E-state index in [-0.39, 0.29) is 6.09 Å². The maximum Gasteiger partial charge on any atom is 0.414 e. The summed E-state index contributed by atoms with van der Waals surface area (Å²) in [5, 5.41) is 1.99. The van der Waals surface area contributed by atoms with Crippen LogP contribution in [0.2, 0.25) is 0 Å². The Morgan fingerprint density at radius 1 is 1.44 bits per heavy atom. The summed E-state index contributed by atoms with van der Waals surface area (Å²) in [6, 6.07) is 0. The van der Waals surface area contributed by atoms with Gasteiger partial charge in [-0.1, -0.05) is 0 Å². The summed E-state index contributed by atoms with van der Waals surface area (Å²) >= 11 is 0. The first kappa shape index (κ1) is 10.9. The molecule has 0 atom stereocenters. The molecule has 2 aliphatic rings. The predicted molar refractivity (Wildman–Crippen MR) is 60.0 cm³/mol. The summed E-state index contributed by atoms with van der Waals surface area (Å²) < 4.78 is 5.31. The van der Waals surface area contributed by atoms with E-state index in [2.05, 4.69) is 5.43 Å². The summed E-state index contributed by atoms with van der Waals surface area (Å²) in [6.07, 6.45) is 5.29. The molecule has 0 aromatic rings. The molecule has 0 bridgehead atoms. The zero-order valence-electron chi connectivity index (χ0n) is 9.86. The average molecular weight is 223 g/mol. The maximum absolute atomic E-state index is 11.8. The van der Waals surface area contributed by atoms with Gasteiger partial charge in [0, 0.05) is 18.9 Å². The molecule has 0 radical (unpaired) electrons. The largest absolute Gasteiger partial charge is 0.443 e. The summed E-state index contributed by atoms with van der Waals surface area (Å²) in [7, 11) is 0. The molecular formula is C11H17N3O2. The lowest BCUT2D eigenvalue weighted by Crippen LogP contribution is -2.44. The van der Waals surface area contributed by atoms with Crippen LogP contribution in [0.25, 0.3) is 0 Å². The zero-order valence-corrected chi connectivity index (χ0v) is 9.86. The van der Waals surface area contributed by atoms with E-state index in [0.29, 0.717) is 6.54 Å². The van der Waals surface area contributed by atoms with Gasteiger partial charge in [-0.3, -0.25) is 9.91 Å². The van der Waals surface area contributed by atoms with Crippen LogP contribution in [-0.4, -0.2) is 34.7 Å². The van der Waals surface area contributed by atoms with Crippen molar-refractivity contribution in [3.8, 4) is 0 Å². The van der Waals surface area contributed by atoms with Crippen LogP contribution < -0.4 is 5.43 Å². The van der Waals surface area contributed by atoms with Gasteiger partial charge in [0.25, 0.3) is 0 Å². The van der Waals surface area contributed by atoms with Crippen molar-refractivity contribution in [1.29, 1.82) is 0 Å². The Bertz CT molecular complexity index is 355. The second-order valence-electron chi connectivity index (χ2n) is 4.84. The summed E-state index contributed by atoms with van der Waals surface area (Å²) in [5.41, 5.74) is 3.61. The number of hydrogen-bond donors (Lipinski definition) is 1. The molecule has 0 spiro atoms. The lowest BCUT2D eigenvalue weighted by molar-refractivity contribution is 0.0298. The van der Waals surface area contributed by atoms with Crippen molar-refractivity contribution in [2.24, 2.45) is 0 Å². The highest BCUT2D eigenvalue weighted by Gasteiger charge is 2.26. The lowest BCUT2D eigenvalue weighted by Gasteiger charge is -2.32. The summed E-state index contributed by atoms with van der Waals surface area (Å²) in [4.78, 5) is 13.4. The lowest BCUT2D eigenvalue weighted by atomic mass is 10.2. The standard InChI is InChI=1S/C11H17N3O2/c1-11(2,3)16-10(15)13-6-7-14-9(8-13)4-5-12-14/h4-5,8,12H,6-7H2,1-3H3. The highest BCUT2D eigenvalue weighted by atomic mass is 16.6. The molecule has 2 heterocycles. The number of amides is 1. The van der Waals surface area contributed by atoms with Crippen LogP contribution in [0, 0.1) is 0 Å². The predicted octanol–water partition coefficient (Wildman–Crippen LogP) is 1.41. The van der Waals surface area contributed by atoms with E-state index in [1.54, 1.807) is 11.1 Å². The molecule has 2 rings (SSSR count). The number of allylic oxidation sites excluding steroid dienone is 1. The number of hydrazine groups is 1. The van der Waals surface area contributed by atoms with Crippen LogP contribution in [0.4, 0.5) is 4.79 Å². The molecule has 1 N–H and O–H groups in total. The number of carbonyl (C=O) groups excluding carboxylic acids is 1. The average Bonchev–Trinajstić information content (AvgIpc) is 2.61. The Kier molecular flexibility index (Phi) is 2.53. The number of hydrogen-bond acceptors (Lipinski definition) is 4. The minimum atomic E-state index is -0.448. The van der Waals surface area contributed by atoms with Crippen molar-refractivity contribution in [1.82, 2.24) is 15.3 Å². The SMILES string of the molecule is CC(C)(C)OC(=O)N1C=C2C=CNN2CC1. The molecule has 1 amide bonds. The zero-order chi connectivity index (χ0) is 11.8. The summed E-state index contributed by atoms with van der Waals surface area (Å²) in [5.74, 6) is 0. The minimum Gasteiger partial charge on any atom is -0.443 e. The van der Waals surface area contributed by atoms with Crippen LogP contribution in [-0.2, 0) is 4.74 Å². The van der Waals surface area contributed by atoms with Crippen LogP contribution >= 0.6 is 0 Å². The molecule has 2 aliphatic heterocycles. The van der Waals surface area contributed by atoms with Gasteiger partial charge in [0.15, 0.2) is 0 Å². The third-order valence-corrected chi connectivity index (χ3v) is 2.28. The van der Waals surface area contributed by atoms with Crippen molar-refractivity contribution >= 4 is 6.09 Å². The van der Waals surface area contributed by atoms with Gasteiger partial charge in [-0.2, -0.15) is 0 Å². The third-order valence-electron chi connectivity index (χ3n) is 2.28. The van der Waals surface area contributed by atoms with Gasteiger partial charge in [0.1, 0.15) is 5.60 Å². The van der Waals surface area contributed by atoms with Crippen molar-refractivity contribution in [2.75, 3.05) is 13.1 Å². The third kappa shape index (κ3) is 2.29. The first-order valence-electron chi connectivity index (χ1n) is 5.37. The number of nitrogens with zero attached hydrogens (tertiary/aromatic N) is 2. The van der Waals surface area contributed by atoms with Gasteiger partial charge < -0.3 is 10.2 Å². The molecule has 88 valence electrons. The monoisotopic (exact) mass is 223 g/mol. The Hall–Kier alpha value is -1.65. The van der Waals surface area contributed by atoms with E-state index in [4.69, 9.17) is 4.74 Å². The molecule has 5 nitrogen and oxygen atoms in total. The number of nitrogens with one attached hydrogen (secondary N) is 1. The van der Waals surface area contributed by atoms with Gasteiger partial charge in [0.05, 0.1) is 12.2 Å². The van der Waals surface area contributed by atoms with E-state index in [1.807, 2.05) is 38.1 Å². The molecule has 0 saturated heterocycles.